The van der Waals surface area contributed by atoms with Crippen LogP contribution in [0.2, 0.25) is 0 Å². The highest BCUT2D eigenvalue weighted by Crippen LogP contribution is 2.44. The van der Waals surface area contributed by atoms with Crippen molar-refractivity contribution in [3.05, 3.63) is 82.9 Å². The first kappa shape index (κ1) is 22.8. The van der Waals surface area contributed by atoms with Crippen LogP contribution in [0, 0.1) is 5.92 Å². The molecule has 3 aromatic rings. The third-order valence-electron chi connectivity index (χ3n) is 6.28. The number of amides is 2. The van der Waals surface area contributed by atoms with Gasteiger partial charge in [0.2, 0.25) is 0 Å². The molecule has 2 aromatic carbocycles. The summed E-state index contributed by atoms with van der Waals surface area (Å²) in [4.78, 5) is 40.4. The van der Waals surface area contributed by atoms with E-state index in [1.807, 2.05) is 36.4 Å². The SMILES string of the molecule is O=C(Nc1nc(C(=O)N[C@@H]2C=CC[C@@H](C(=O)O)C2)cs1)OCC1c2ccccc2-c2ccccc21. The average Bonchev–Trinajstić information content (AvgIpc) is 3.46. The minimum absolute atomic E-state index is 0.0519. The number of carbonyl (C=O) groups is 3. The van der Waals surface area contributed by atoms with Crippen molar-refractivity contribution in [1.29, 1.82) is 0 Å². The molecule has 9 heteroatoms. The molecule has 0 bridgehead atoms. The van der Waals surface area contributed by atoms with E-state index in [4.69, 9.17) is 4.74 Å². The van der Waals surface area contributed by atoms with E-state index in [0.29, 0.717) is 12.8 Å². The highest BCUT2D eigenvalue weighted by atomic mass is 32.1. The molecule has 0 unspecified atom stereocenters. The van der Waals surface area contributed by atoms with Gasteiger partial charge in [0.25, 0.3) is 5.91 Å². The van der Waals surface area contributed by atoms with Crippen LogP contribution in [0.1, 0.15) is 40.4 Å². The number of rotatable bonds is 6. The number of hydrogen-bond acceptors (Lipinski definition) is 6. The smallest absolute Gasteiger partial charge is 0.413 e. The van der Waals surface area contributed by atoms with Crippen molar-refractivity contribution < 1.29 is 24.2 Å². The number of ether oxygens (including phenoxy) is 1. The summed E-state index contributed by atoms with van der Waals surface area (Å²) < 4.78 is 5.52. The summed E-state index contributed by atoms with van der Waals surface area (Å²) in [5.74, 6) is -1.88. The molecule has 0 fully saturated rings. The molecule has 0 saturated carbocycles. The molecule has 0 radical (unpaired) electrons. The van der Waals surface area contributed by atoms with Gasteiger partial charge in [0, 0.05) is 17.3 Å². The number of nitrogens with zero attached hydrogens (tertiary/aromatic N) is 1. The summed E-state index contributed by atoms with van der Waals surface area (Å²) in [7, 11) is 0. The number of aromatic nitrogens is 1. The van der Waals surface area contributed by atoms with E-state index < -0.39 is 23.9 Å². The number of carboxylic acid groups (broad SMARTS) is 1. The number of benzene rings is 2. The predicted octanol–water partition coefficient (Wildman–Crippen LogP) is 4.65. The Morgan fingerprint density at radius 2 is 1.74 bits per heavy atom. The first-order valence-corrected chi connectivity index (χ1v) is 12.2. The monoisotopic (exact) mass is 489 g/mol. The van der Waals surface area contributed by atoms with Crippen LogP contribution in [0.3, 0.4) is 0 Å². The Balaban J connectivity index is 1.17. The zero-order valence-electron chi connectivity index (χ0n) is 18.6. The number of carboxylic acids is 1. The fourth-order valence-corrected chi connectivity index (χ4v) is 5.27. The highest BCUT2D eigenvalue weighted by Gasteiger charge is 2.29. The average molecular weight is 490 g/mol. The third-order valence-corrected chi connectivity index (χ3v) is 7.04. The number of nitrogens with one attached hydrogen (secondary N) is 2. The Labute approximate surface area is 205 Å². The molecule has 0 saturated heterocycles. The van der Waals surface area contributed by atoms with Gasteiger partial charge in [0.1, 0.15) is 12.3 Å². The van der Waals surface area contributed by atoms with Gasteiger partial charge in [-0.05, 0) is 35.1 Å². The second-order valence-electron chi connectivity index (χ2n) is 8.50. The molecule has 0 aliphatic heterocycles. The molecular weight excluding hydrogens is 466 g/mol. The van der Waals surface area contributed by atoms with Crippen LogP contribution in [-0.4, -0.2) is 40.7 Å². The van der Waals surface area contributed by atoms with Crippen molar-refractivity contribution in [2.45, 2.75) is 24.8 Å². The molecule has 2 aliphatic carbocycles. The second-order valence-corrected chi connectivity index (χ2v) is 9.36. The second kappa shape index (κ2) is 9.71. The molecule has 35 heavy (non-hydrogen) atoms. The van der Waals surface area contributed by atoms with Crippen LogP contribution in [-0.2, 0) is 9.53 Å². The summed E-state index contributed by atoms with van der Waals surface area (Å²) in [6, 6.07) is 15.8. The maximum atomic E-state index is 12.5. The van der Waals surface area contributed by atoms with E-state index in [9.17, 15) is 19.5 Å². The quantitative estimate of drug-likeness (QED) is 0.434. The van der Waals surface area contributed by atoms with Crippen molar-refractivity contribution in [3.8, 4) is 11.1 Å². The Bertz CT molecular complexity index is 1270. The Hall–Kier alpha value is -3.98. The van der Waals surface area contributed by atoms with E-state index in [2.05, 4.69) is 27.8 Å². The maximum absolute atomic E-state index is 12.5. The fourth-order valence-electron chi connectivity index (χ4n) is 4.60. The van der Waals surface area contributed by atoms with Crippen molar-refractivity contribution in [2.75, 3.05) is 11.9 Å². The summed E-state index contributed by atoms with van der Waals surface area (Å²) in [6.45, 7) is 0.178. The minimum atomic E-state index is -0.878. The maximum Gasteiger partial charge on any atom is 0.413 e. The molecule has 1 heterocycles. The lowest BCUT2D eigenvalue weighted by Crippen LogP contribution is -2.37. The van der Waals surface area contributed by atoms with Crippen LogP contribution in [0.25, 0.3) is 11.1 Å². The number of fused-ring (bicyclic) bond motifs is 3. The molecule has 1 aromatic heterocycles. The molecule has 2 atom stereocenters. The van der Waals surface area contributed by atoms with E-state index in [1.54, 1.807) is 12.2 Å². The van der Waals surface area contributed by atoms with Gasteiger partial charge < -0.3 is 15.2 Å². The van der Waals surface area contributed by atoms with Gasteiger partial charge in [0.15, 0.2) is 5.13 Å². The van der Waals surface area contributed by atoms with Gasteiger partial charge in [-0.15, -0.1) is 11.3 Å². The lowest BCUT2D eigenvalue weighted by molar-refractivity contribution is -0.142. The first-order valence-electron chi connectivity index (χ1n) is 11.3. The zero-order valence-corrected chi connectivity index (χ0v) is 19.5. The van der Waals surface area contributed by atoms with Gasteiger partial charge >= 0.3 is 12.1 Å². The molecular formula is C26H23N3O5S. The van der Waals surface area contributed by atoms with Crippen LogP contribution in [0.5, 0.6) is 0 Å². The molecule has 178 valence electrons. The van der Waals surface area contributed by atoms with Gasteiger partial charge in [-0.2, -0.15) is 0 Å². The van der Waals surface area contributed by atoms with Crippen molar-refractivity contribution in [1.82, 2.24) is 10.3 Å². The summed E-state index contributed by atoms with van der Waals surface area (Å²) in [5, 5.41) is 16.3. The van der Waals surface area contributed by atoms with Crippen LogP contribution < -0.4 is 10.6 Å². The zero-order chi connectivity index (χ0) is 24.4. The van der Waals surface area contributed by atoms with Crippen molar-refractivity contribution >= 4 is 34.4 Å². The molecule has 3 N–H and O–H groups in total. The Morgan fingerprint density at radius 1 is 1.06 bits per heavy atom. The molecule has 0 spiro atoms. The first-order chi connectivity index (χ1) is 17.0. The fraction of sp³-hybridized carbons (Fsp3) is 0.231. The molecule has 8 nitrogen and oxygen atoms in total. The topological polar surface area (TPSA) is 118 Å². The summed E-state index contributed by atoms with van der Waals surface area (Å²) >= 11 is 1.11. The lowest BCUT2D eigenvalue weighted by Gasteiger charge is -2.22. The molecule has 2 amide bonds. The number of hydrogen-bond donors (Lipinski definition) is 3. The summed E-state index contributed by atoms with van der Waals surface area (Å²) in [6.07, 6.45) is 3.68. The largest absolute Gasteiger partial charge is 0.481 e. The Kier molecular flexibility index (Phi) is 6.33. The molecule has 2 aliphatic rings. The van der Waals surface area contributed by atoms with Gasteiger partial charge in [-0.1, -0.05) is 60.7 Å². The lowest BCUT2D eigenvalue weighted by atomic mass is 9.91. The Morgan fingerprint density at radius 3 is 2.43 bits per heavy atom. The van der Waals surface area contributed by atoms with Crippen LogP contribution >= 0.6 is 11.3 Å². The number of carbonyl (C=O) groups excluding carboxylic acids is 2. The number of anilines is 1. The van der Waals surface area contributed by atoms with E-state index >= 15 is 0 Å². The van der Waals surface area contributed by atoms with E-state index in [1.165, 1.54) is 5.38 Å². The van der Waals surface area contributed by atoms with Crippen molar-refractivity contribution in [2.24, 2.45) is 5.92 Å². The third kappa shape index (κ3) is 4.81. The molecule has 5 rings (SSSR count). The van der Waals surface area contributed by atoms with Crippen LogP contribution in [0.15, 0.2) is 66.1 Å². The number of allylic oxidation sites excluding steroid dienone is 1. The van der Waals surface area contributed by atoms with Crippen LogP contribution in [0.4, 0.5) is 9.93 Å². The van der Waals surface area contributed by atoms with Gasteiger partial charge in [0.05, 0.1) is 5.92 Å². The van der Waals surface area contributed by atoms with Gasteiger partial charge in [-0.3, -0.25) is 14.9 Å². The minimum Gasteiger partial charge on any atom is -0.481 e. The highest BCUT2D eigenvalue weighted by molar-refractivity contribution is 7.14. The summed E-state index contributed by atoms with van der Waals surface area (Å²) in [5.41, 5.74) is 4.69. The number of aliphatic carboxylic acids is 1. The predicted molar refractivity (Wildman–Crippen MR) is 132 cm³/mol. The standard InChI is InChI=1S/C26H23N3O5S/c30-23(27-16-7-5-6-15(12-16)24(31)32)22-14-35-25(28-22)29-26(33)34-13-21-19-10-3-1-8-17(19)18-9-2-4-11-20(18)21/h1-5,7-11,14-16,21H,6,12-13H2,(H,27,30)(H,31,32)(H,28,29,33)/t15-,16-/m1/s1. The van der Waals surface area contributed by atoms with Crippen molar-refractivity contribution in [3.63, 3.8) is 0 Å². The number of thiazole rings is 1. The van der Waals surface area contributed by atoms with E-state index in [0.717, 1.165) is 33.6 Å². The van der Waals surface area contributed by atoms with Gasteiger partial charge in [-0.25, -0.2) is 9.78 Å². The normalized spacial score (nSPS) is 18.4. The van der Waals surface area contributed by atoms with E-state index in [-0.39, 0.29) is 29.4 Å².